The molecule has 5 heterocycles. The average Bonchev–Trinajstić information content (AvgIpc) is 3.54. The molecule has 3 aromatic heterocycles. The van der Waals surface area contributed by atoms with Crippen LogP contribution in [0.15, 0.2) is 41.0 Å². The third kappa shape index (κ3) is 4.95. The topological polar surface area (TPSA) is 203 Å². The van der Waals surface area contributed by atoms with Crippen molar-refractivity contribution in [2.45, 2.75) is 18.0 Å². The fraction of sp³-hybridized carbons (Fsp3) is 0.333. The summed E-state index contributed by atoms with van der Waals surface area (Å²) in [4.78, 5) is 48.5. The summed E-state index contributed by atoms with van der Waals surface area (Å²) in [6.45, 7) is 0.00621. The van der Waals surface area contributed by atoms with Crippen molar-refractivity contribution in [3.63, 3.8) is 0 Å². The molecular formula is C21H23N10O6S2+. The molecule has 5 N–H and O–H groups in total. The van der Waals surface area contributed by atoms with Gasteiger partial charge in [0.25, 0.3) is 11.8 Å². The molecule has 3 aromatic rings. The Balaban J connectivity index is 1.36. The van der Waals surface area contributed by atoms with Crippen molar-refractivity contribution in [3.05, 3.63) is 41.6 Å². The van der Waals surface area contributed by atoms with Crippen LogP contribution in [0.1, 0.15) is 5.82 Å². The van der Waals surface area contributed by atoms with Crippen molar-refractivity contribution in [1.29, 1.82) is 0 Å². The van der Waals surface area contributed by atoms with Crippen LogP contribution in [0.25, 0.3) is 5.65 Å². The Morgan fingerprint density at radius 2 is 2.21 bits per heavy atom. The summed E-state index contributed by atoms with van der Waals surface area (Å²) >= 11 is 2.21. The summed E-state index contributed by atoms with van der Waals surface area (Å²) in [5.74, 6) is -1.64. The fourth-order valence-corrected chi connectivity index (χ4v) is 5.90. The lowest BCUT2D eigenvalue weighted by molar-refractivity contribution is -0.662. The Bertz CT molecular complexity index is 1520. The molecule has 0 unspecified atom stereocenters. The number of aliphatic carboxylic acids is 1. The van der Waals surface area contributed by atoms with Gasteiger partial charge in [-0.1, -0.05) is 14.8 Å². The smallest absolute Gasteiger partial charge is 0.352 e. The predicted octanol–water partition coefficient (Wildman–Crippen LogP) is -1.14. The Labute approximate surface area is 228 Å². The summed E-state index contributed by atoms with van der Waals surface area (Å²) in [6, 6.07) is 2.68. The Hall–Kier alpha value is -4.29. The van der Waals surface area contributed by atoms with Crippen LogP contribution in [0.4, 0.5) is 10.9 Å². The average molecular weight is 576 g/mol. The molecule has 18 heteroatoms. The molecule has 0 radical (unpaired) electrons. The molecule has 0 aromatic carbocycles. The van der Waals surface area contributed by atoms with E-state index in [1.165, 1.54) is 23.8 Å². The number of carboxylic acid groups (broad SMARTS) is 1. The number of amides is 2. The Kier molecular flexibility index (Phi) is 7.31. The quantitative estimate of drug-likeness (QED) is 0.0566. The van der Waals surface area contributed by atoms with Gasteiger partial charge in [0.2, 0.25) is 18.3 Å². The molecule has 1 saturated heterocycles. The van der Waals surface area contributed by atoms with Crippen LogP contribution < -0.4 is 20.9 Å². The molecule has 0 aliphatic carbocycles. The van der Waals surface area contributed by atoms with E-state index in [9.17, 15) is 19.5 Å². The fourth-order valence-electron chi connectivity index (χ4n) is 4.13. The lowest BCUT2D eigenvalue weighted by Gasteiger charge is -2.49. The number of carbonyl (C=O) groups excluding carboxylic acids is 2. The number of carboxylic acids is 1. The molecule has 2 atom stereocenters. The lowest BCUT2D eigenvalue weighted by atomic mass is 10.0. The van der Waals surface area contributed by atoms with Gasteiger partial charge in [-0.3, -0.25) is 14.5 Å². The first-order valence-electron chi connectivity index (χ1n) is 11.4. The number of thioether (sulfide) groups is 1. The maximum Gasteiger partial charge on any atom is 0.352 e. The number of carbonyl (C=O) groups is 3. The van der Waals surface area contributed by atoms with Crippen molar-refractivity contribution < 1.29 is 33.6 Å². The van der Waals surface area contributed by atoms with Gasteiger partial charge in [0.05, 0.1) is 0 Å². The van der Waals surface area contributed by atoms with E-state index in [4.69, 9.17) is 15.3 Å². The van der Waals surface area contributed by atoms with Gasteiger partial charge < -0.3 is 31.0 Å². The molecule has 1 fully saturated rings. The first kappa shape index (κ1) is 26.3. The molecule has 0 saturated carbocycles. The second kappa shape index (κ2) is 10.8. The standard InChI is InChI=1S/C21H22N10O6S2/c1-23-11-3-4-12-29(5-6-30(12)26-11)7-10-8-38-19-14(18(33)31(19)15(10)20(34)35)24-17(32)13(27-37-9-36-2)16-25-21(22)39-28-16/h3-6,14,19H,7-9H2,1-2H3,(H4-,22,23,24,25,26,28,32,34,35)/p+1/b27-13-/t14-,19-/m1/s1. The number of oxime groups is 1. The molecule has 2 amide bonds. The van der Waals surface area contributed by atoms with Gasteiger partial charge in [0, 0.05) is 43.1 Å². The van der Waals surface area contributed by atoms with E-state index in [2.05, 4.69) is 30.2 Å². The number of nitrogens with one attached hydrogen (secondary N) is 2. The molecule has 0 bridgehead atoms. The molecule has 39 heavy (non-hydrogen) atoms. The number of β-lactam (4-membered cyclic amide) rings is 1. The predicted molar refractivity (Wildman–Crippen MR) is 138 cm³/mol. The third-order valence-corrected chi connectivity index (χ3v) is 7.75. The summed E-state index contributed by atoms with van der Waals surface area (Å²) in [5, 5.41) is 23.2. The molecule has 2 aliphatic rings. The summed E-state index contributed by atoms with van der Waals surface area (Å²) in [5.41, 5.74) is 6.52. The summed E-state index contributed by atoms with van der Waals surface area (Å²) < 4.78 is 12.3. The zero-order chi connectivity index (χ0) is 27.7. The van der Waals surface area contributed by atoms with E-state index in [1.54, 1.807) is 24.0 Å². The monoisotopic (exact) mass is 575 g/mol. The van der Waals surface area contributed by atoms with Crippen LogP contribution >= 0.6 is 23.3 Å². The SMILES string of the molecule is CNc1ccc2n(cc[n+]2CC2=C(C(=O)O)N3C(=O)[C@@H](NC(=O)/C(=N\OCOC)c4nsc(N)n4)[C@H]3SC2)n1. The van der Waals surface area contributed by atoms with E-state index < -0.39 is 29.2 Å². The van der Waals surface area contributed by atoms with Crippen LogP contribution in [0, 0.1) is 0 Å². The number of methoxy groups -OCH3 is 1. The highest BCUT2D eigenvalue weighted by Gasteiger charge is 2.54. The van der Waals surface area contributed by atoms with E-state index in [0.29, 0.717) is 17.1 Å². The minimum Gasteiger partial charge on any atom is -0.477 e. The second-order valence-electron chi connectivity index (χ2n) is 8.25. The number of nitrogen functional groups attached to an aromatic ring is 1. The van der Waals surface area contributed by atoms with Crippen molar-refractivity contribution in [3.8, 4) is 0 Å². The highest BCUT2D eigenvalue weighted by atomic mass is 32.2. The van der Waals surface area contributed by atoms with Crippen LogP contribution in [0.2, 0.25) is 0 Å². The van der Waals surface area contributed by atoms with Gasteiger partial charge in [0.15, 0.2) is 17.1 Å². The minimum atomic E-state index is -1.23. The maximum atomic E-state index is 13.1. The van der Waals surface area contributed by atoms with Gasteiger partial charge in [-0.2, -0.15) is 9.36 Å². The van der Waals surface area contributed by atoms with Crippen molar-refractivity contribution in [2.24, 2.45) is 5.16 Å². The van der Waals surface area contributed by atoms with Crippen LogP contribution in [0.5, 0.6) is 0 Å². The number of hydrogen-bond donors (Lipinski definition) is 4. The van der Waals surface area contributed by atoms with Crippen molar-refractivity contribution >= 4 is 63.4 Å². The van der Waals surface area contributed by atoms with E-state index in [-0.39, 0.29) is 35.7 Å². The number of rotatable bonds is 10. The van der Waals surface area contributed by atoms with Gasteiger partial charge in [-0.05, 0) is 6.07 Å². The largest absolute Gasteiger partial charge is 0.477 e. The Morgan fingerprint density at radius 1 is 1.38 bits per heavy atom. The Morgan fingerprint density at radius 3 is 2.90 bits per heavy atom. The summed E-state index contributed by atoms with van der Waals surface area (Å²) in [6.07, 6.45) is 3.55. The zero-order valence-electron chi connectivity index (χ0n) is 20.6. The van der Waals surface area contributed by atoms with Crippen molar-refractivity contribution in [1.82, 2.24) is 29.2 Å². The number of anilines is 2. The number of ether oxygens (including phenoxy) is 1. The van der Waals surface area contributed by atoms with Crippen LogP contribution in [-0.2, 0) is 30.5 Å². The first-order chi connectivity index (χ1) is 18.8. The van der Waals surface area contributed by atoms with E-state index in [0.717, 1.165) is 17.2 Å². The van der Waals surface area contributed by atoms with Crippen LogP contribution in [-0.4, -0.2) is 90.6 Å². The number of nitrogens with zero attached hydrogens (tertiary/aromatic N) is 7. The molecule has 2 aliphatic heterocycles. The molecule has 5 rings (SSSR count). The second-order valence-corrected chi connectivity index (χ2v) is 10.1. The zero-order valence-corrected chi connectivity index (χ0v) is 22.2. The van der Waals surface area contributed by atoms with E-state index in [1.807, 2.05) is 16.7 Å². The number of aromatic nitrogens is 5. The van der Waals surface area contributed by atoms with Gasteiger partial charge in [-0.25, -0.2) is 9.36 Å². The third-order valence-electron chi connectivity index (χ3n) is 5.87. The normalized spacial score (nSPS) is 19.1. The highest BCUT2D eigenvalue weighted by molar-refractivity contribution is 8.00. The number of nitrogens with two attached hydrogens (primary N) is 1. The molecular weight excluding hydrogens is 552 g/mol. The molecule has 204 valence electrons. The number of imidazole rings is 1. The van der Waals surface area contributed by atoms with E-state index >= 15 is 0 Å². The lowest BCUT2D eigenvalue weighted by Crippen LogP contribution is -2.71. The van der Waals surface area contributed by atoms with Crippen molar-refractivity contribution in [2.75, 3.05) is 37.8 Å². The first-order valence-corrected chi connectivity index (χ1v) is 13.2. The number of hydrogen-bond acceptors (Lipinski definition) is 13. The highest BCUT2D eigenvalue weighted by Crippen LogP contribution is 2.40. The van der Waals surface area contributed by atoms with Gasteiger partial charge >= 0.3 is 11.6 Å². The summed E-state index contributed by atoms with van der Waals surface area (Å²) in [7, 11) is 3.14. The van der Waals surface area contributed by atoms with Crippen LogP contribution in [0.3, 0.4) is 0 Å². The number of fused-ring (bicyclic) bond motifs is 2. The van der Waals surface area contributed by atoms with Gasteiger partial charge in [0.1, 0.15) is 29.9 Å². The minimum absolute atomic E-state index is 0.0763. The van der Waals surface area contributed by atoms with Gasteiger partial charge in [-0.15, -0.1) is 11.8 Å². The molecule has 0 spiro atoms. The molecule has 16 nitrogen and oxygen atoms in total. The maximum absolute atomic E-state index is 13.1.